The summed E-state index contributed by atoms with van der Waals surface area (Å²) in [5.74, 6) is -3.73. The molecule has 2 N–H and O–H groups in total. The third kappa shape index (κ3) is 6.04. The van der Waals surface area contributed by atoms with Crippen molar-refractivity contribution in [2.24, 2.45) is 0 Å². The van der Waals surface area contributed by atoms with Crippen molar-refractivity contribution >= 4 is 17.6 Å². The number of hydrogen-bond donors (Lipinski definition) is 2. The molecule has 0 spiro atoms. The molecule has 0 radical (unpaired) electrons. The van der Waals surface area contributed by atoms with Crippen molar-refractivity contribution in [3.8, 4) is 17.2 Å². The summed E-state index contributed by atoms with van der Waals surface area (Å²) in [6.07, 6.45) is 7.61. The molecule has 7 rings (SSSR count). The molecular formula is C35H34F2N6O3. The number of nitriles is 1. The standard InChI is InChI=1S/C35H34F2N6O3/c1-19(22-4-5-22)39-20(2)25-12-29(34(46)43(16-25)26-8-9-26)32(44)41-31-14-24(13-30(40-31)23-6-7-23)27-10-3-21(15-38)11-28(27)33(45)42-17-35(36,37)18-42/h3,10-14,16,20,23,26,39H,4-9,17-18H2,1-2H3,(H,40,41,44)/t20-/m1/s1. The van der Waals surface area contributed by atoms with Crippen LogP contribution in [0.15, 0.2) is 58.7 Å². The van der Waals surface area contributed by atoms with Crippen molar-refractivity contribution in [2.45, 2.75) is 76.3 Å². The predicted octanol–water partition coefficient (Wildman–Crippen LogP) is 6.06. The number of likely N-dealkylation sites (tertiary alicyclic amines) is 1. The first-order valence-electron chi connectivity index (χ1n) is 15.8. The van der Waals surface area contributed by atoms with E-state index in [1.165, 1.54) is 11.6 Å². The topological polar surface area (TPSA) is 120 Å². The number of amides is 2. The van der Waals surface area contributed by atoms with E-state index in [1.807, 2.05) is 32.2 Å². The Bertz CT molecular complexity index is 1900. The van der Waals surface area contributed by atoms with E-state index in [1.54, 1.807) is 28.8 Å². The molecule has 1 aromatic carbocycles. The molecule has 0 bridgehead atoms. The van der Waals surface area contributed by atoms with Gasteiger partial charge in [0.05, 0.1) is 24.7 Å². The number of alkyl halides is 2. The molecule has 1 aliphatic heterocycles. The Kier molecular flexibility index (Phi) is 7.26. The lowest BCUT2D eigenvalue weighted by atomic mass is 9.95. The molecule has 3 aromatic rings. The fraction of sp³-hybridized carbons (Fsp3) is 0.400. The van der Waals surface area contributed by atoms with E-state index in [4.69, 9.17) is 4.98 Å². The van der Waals surface area contributed by atoms with Gasteiger partial charge >= 0.3 is 0 Å². The van der Waals surface area contributed by atoms with Gasteiger partial charge in [-0.2, -0.15) is 5.26 Å². The minimum absolute atomic E-state index is 0.0166. The molecule has 0 unspecified atom stereocenters. The van der Waals surface area contributed by atoms with Gasteiger partial charge in [0.2, 0.25) is 0 Å². The van der Waals surface area contributed by atoms with Crippen LogP contribution in [0, 0.1) is 11.3 Å². The first-order valence-corrected chi connectivity index (χ1v) is 15.8. The molecule has 9 nitrogen and oxygen atoms in total. The Morgan fingerprint density at radius 2 is 1.80 bits per heavy atom. The van der Waals surface area contributed by atoms with Gasteiger partial charge in [-0.15, -0.1) is 0 Å². The molecule has 3 saturated carbocycles. The smallest absolute Gasteiger partial charge is 0.282 e. The number of benzene rings is 1. The number of hydrogen-bond acceptors (Lipinski definition) is 6. The SMILES string of the molecule is CC(N[C@H](C)c1cc(C(=O)Nc2cc(-c3ccc(C#N)cc3C(=O)N3CC(F)(F)C3)cc(C3CC3)n2)c(=O)n(C2CC2)c1)=C1CC1. The molecule has 46 heavy (non-hydrogen) atoms. The van der Waals surface area contributed by atoms with Crippen LogP contribution in [0.2, 0.25) is 0 Å². The summed E-state index contributed by atoms with van der Waals surface area (Å²) < 4.78 is 28.9. The van der Waals surface area contributed by atoms with E-state index in [0.717, 1.165) is 60.4 Å². The number of nitrogens with zero attached hydrogens (tertiary/aromatic N) is 4. The molecule has 3 heterocycles. The van der Waals surface area contributed by atoms with Gasteiger partial charge in [0, 0.05) is 41.2 Å². The first kappa shape index (κ1) is 29.8. The molecular weight excluding hydrogens is 590 g/mol. The highest BCUT2D eigenvalue weighted by Gasteiger charge is 2.46. The van der Waals surface area contributed by atoms with Crippen molar-refractivity contribution in [3.05, 3.63) is 92.2 Å². The Morgan fingerprint density at radius 3 is 2.43 bits per heavy atom. The number of pyridine rings is 2. The van der Waals surface area contributed by atoms with Gasteiger partial charge in [-0.1, -0.05) is 11.6 Å². The van der Waals surface area contributed by atoms with Crippen LogP contribution in [0.1, 0.15) is 108 Å². The van der Waals surface area contributed by atoms with Crippen molar-refractivity contribution in [1.82, 2.24) is 19.8 Å². The normalized spacial score (nSPS) is 18.7. The molecule has 4 fully saturated rings. The summed E-state index contributed by atoms with van der Waals surface area (Å²) >= 11 is 0. The second-order valence-electron chi connectivity index (χ2n) is 13.0. The highest BCUT2D eigenvalue weighted by Crippen LogP contribution is 2.42. The highest BCUT2D eigenvalue weighted by atomic mass is 19.3. The maximum Gasteiger partial charge on any atom is 0.282 e. The summed E-state index contributed by atoms with van der Waals surface area (Å²) in [5.41, 5.74) is 5.05. The zero-order valence-corrected chi connectivity index (χ0v) is 25.7. The fourth-order valence-electron chi connectivity index (χ4n) is 6.01. The van der Waals surface area contributed by atoms with Gasteiger partial charge in [-0.25, -0.2) is 13.8 Å². The Labute approximate surface area is 264 Å². The Morgan fingerprint density at radius 1 is 1.07 bits per heavy atom. The molecule has 1 saturated heterocycles. The van der Waals surface area contributed by atoms with Crippen LogP contribution in [0.3, 0.4) is 0 Å². The largest absolute Gasteiger partial charge is 0.382 e. The zero-order chi connectivity index (χ0) is 32.3. The van der Waals surface area contributed by atoms with Crippen LogP contribution < -0.4 is 16.2 Å². The number of nitrogens with one attached hydrogen (secondary N) is 2. The number of aromatic nitrogens is 2. The fourth-order valence-corrected chi connectivity index (χ4v) is 6.01. The van der Waals surface area contributed by atoms with Gasteiger partial charge in [-0.3, -0.25) is 14.4 Å². The molecule has 2 amide bonds. The lowest BCUT2D eigenvalue weighted by Crippen LogP contribution is -2.58. The molecule has 2 aromatic heterocycles. The highest BCUT2D eigenvalue weighted by molar-refractivity contribution is 6.05. The minimum Gasteiger partial charge on any atom is -0.382 e. The van der Waals surface area contributed by atoms with Gasteiger partial charge in [0.15, 0.2) is 0 Å². The van der Waals surface area contributed by atoms with Gasteiger partial charge < -0.3 is 20.1 Å². The maximum atomic E-state index is 13.8. The van der Waals surface area contributed by atoms with Crippen LogP contribution in [0.4, 0.5) is 14.6 Å². The third-order valence-electron chi connectivity index (χ3n) is 9.12. The molecule has 3 aliphatic carbocycles. The number of anilines is 1. The van der Waals surface area contributed by atoms with Crippen LogP contribution in [-0.4, -0.2) is 45.3 Å². The van der Waals surface area contributed by atoms with Gasteiger partial charge in [0.1, 0.15) is 11.4 Å². The first-order chi connectivity index (χ1) is 22.0. The molecule has 11 heteroatoms. The van der Waals surface area contributed by atoms with Crippen LogP contribution >= 0.6 is 0 Å². The van der Waals surface area contributed by atoms with Crippen molar-refractivity contribution in [1.29, 1.82) is 5.26 Å². The average Bonchev–Trinajstić information content (AvgIpc) is 3.87. The monoisotopic (exact) mass is 624 g/mol. The van der Waals surface area contributed by atoms with E-state index < -0.39 is 30.8 Å². The van der Waals surface area contributed by atoms with E-state index in [9.17, 15) is 28.4 Å². The van der Waals surface area contributed by atoms with Crippen LogP contribution in [0.5, 0.6) is 0 Å². The molecule has 4 aliphatic rings. The maximum absolute atomic E-state index is 13.8. The van der Waals surface area contributed by atoms with Crippen molar-refractivity contribution in [2.75, 3.05) is 18.4 Å². The molecule has 1 atom stereocenters. The van der Waals surface area contributed by atoms with Crippen molar-refractivity contribution < 1.29 is 18.4 Å². The lowest BCUT2D eigenvalue weighted by molar-refractivity contribution is -0.113. The number of halogens is 2. The zero-order valence-electron chi connectivity index (χ0n) is 25.7. The summed E-state index contributed by atoms with van der Waals surface area (Å²) in [7, 11) is 0. The average molecular weight is 625 g/mol. The quantitative estimate of drug-likeness (QED) is 0.299. The number of rotatable bonds is 9. The molecule has 236 valence electrons. The van der Waals surface area contributed by atoms with E-state index >= 15 is 0 Å². The Balaban J connectivity index is 1.23. The van der Waals surface area contributed by atoms with Crippen molar-refractivity contribution in [3.63, 3.8) is 0 Å². The summed E-state index contributed by atoms with van der Waals surface area (Å²) in [6.45, 7) is 2.69. The van der Waals surface area contributed by atoms with E-state index in [0.29, 0.717) is 11.1 Å². The van der Waals surface area contributed by atoms with Crippen LogP contribution in [0.25, 0.3) is 11.1 Å². The van der Waals surface area contributed by atoms with E-state index in [-0.39, 0.29) is 46.1 Å². The number of carbonyl (C=O) groups is 2. The minimum atomic E-state index is -2.94. The predicted molar refractivity (Wildman–Crippen MR) is 168 cm³/mol. The summed E-state index contributed by atoms with van der Waals surface area (Å²) in [6, 6.07) is 11.6. The number of carbonyl (C=O) groups excluding carboxylic acids is 2. The summed E-state index contributed by atoms with van der Waals surface area (Å²) in [5, 5.41) is 15.8. The van der Waals surface area contributed by atoms with E-state index in [2.05, 4.69) is 10.6 Å². The summed E-state index contributed by atoms with van der Waals surface area (Å²) in [4.78, 5) is 46.4. The second kappa shape index (κ2) is 11.2. The third-order valence-corrected chi connectivity index (χ3v) is 9.12. The van der Waals surface area contributed by atoms with Gasteiger partial charge in [0.25, 0.3) is 23.3 Å². The van der Waals surface area contributed by atoms with Crippen LogP contribution in [-0.2, 0) is 0 Å². The number of allylic oxidation sites excluding steroid dienone is 2. The second-order valence-corrected chi connectivity index (χ2v) is 13.0. The Hall–Kier alpha value is -4.85. The van der Waals surface area contributed by atoms with Gasteiger partial charge in [-0.05, 0) is 99.4 Å². The lowest BCUT2D eigenvalue weighted by Gasteiger charge is -2.39.